The Morgan fingerprint density at radius 3 is 2.17 bits per heavy atom. The van der Waals surface area contributed by atoms with Crippen LogP contribution >= 0.6 is 0 Å². The molecule has 0 aromatic heterocycles. The van der Waals surface area contributed by atoms with Crippen LogP contribution in [0, 0.1) is 0 Å². The maximum Gasteiger partial charge on any atom is 0.407 e. The van der Waals surface area contributed by atoms with E-state index >= 15 is 0 Å². The van der Waals surface area contributed by atoms with Crippen LogP contribution in [0.3, 0.4) is 0 Å². The Kier molecular flexibility index (Phi) is 11.3. The number of hydrogen-bond acceptors (Lipinski definition) is 6. The number of rotatable bonds is 12. The van der Waals surface area contributed by atoms with Crippen molar-refractivity contribution in [3.05, 3.63) is 0 Å². The molecule has 0 saturated carbocycles. The molecule has 3 amide bonds. The fraction of sp³-hybridized carbons (Fsp3) is 0.722. The topological polar surface area (TPSA) is 162 Å². The number of carbonyl (C=O) groups is 5. The second-order valence-corrected chi connectivity index (χ2v) is 7.47. The van der Waals surface area contributed by atoms with Crippen LogP contribution in [0.2, 0.25) is 0 Å². The van der Waals surface area contributed by atoms with Crippen molar-refractivity contribution in [3.63, 3.8) is 0 Å². The number of carbonyl (C=O) groups excluding carboxylic acids is 3. The minimum absolute atomic E-state index is 0.242. The van der Waals surface area contributed by atoms with Gasteiger partial charge in [-0.15, -0.1) is 0 Å². The summed E-state index contributed by atoms with van der Waals surface area (Å²) >= 11 is 0. The van der Waals surface area contributed by atoms with E-state index in [0.29, 0.717) is 19.4 Å². The van der Waals surface area contributed by atoms with Crippen molar-refractivity contribution in [3.8, 4) is 0 Å². The molecular weight excluding hydrogens is 386 g/mol. The highest BCUT2D eigenvalue weighted by atomic mass is 16.6. The second kappa shape index (κ2) is 12.6. The molecule has 0 saturated heterocycles. The number of hydrogen-bond donors (Lipinski definition) is 4. The van der Waals surface area contributed by atoms with Gasteiger partial charge >= 0.3 is 18.0 Å². The summed E-state index contributed by atoms with van der Waals surface area (Å²) in [5, 5.41) is 22.5. The van der Waals surface area contributed by atoms with E-state index in [2.05, 4.69) is 10.6 Å². The average molecular weight is 417 g/mol. The van der Waals surface area contributed by atoms with Gasteiger partial charge in [-0.25, -0.2) is 9.59 Å². The van der Waals surface area contributed by atoms with E-state index in [1.54, 1.807) is 20.8 Å². The van der Waals surface area contributed by atoms with Crippen LogP contribution in [0.5, 0.6) is 0 Å². The monoisotopic (exact) mass is 417 g/mol. The molecule has 166 valence electrons. The Morgan fingerprint density at radius 1 is 1.07 bits per heavy atom. The first kappa shape index (κ1) is 26.1. The number of carboxylic acid groups (broad SMARTS) is 2. The quantitative estimate of drug-likeness (QED) is 0.335. The summed E-state index contributed by atoms with van der Waals surface area (Å²) in [5.74, 6) is -3.57. The molecule has 11 heteroatoms. The standard InChI is InChI=1S/C18H31N3O8/c1-12(22)21(10-6-5-9-19-17(28)29-18(2,3)4)11-14(23)20-13(16(26)27)7-8-15(24)25/h13H,5-11H2,1-4H3,(H,19,28)(H,20,23)(H,24,25)(H,26,27). The van der Waals surface area contributed by atoms with Crippen LogP contribution in [-0.2, 0) is 23.9 Å². The second-order valence-electron chi connectivity index (χ2n) is 7.47. The highest BCUT2D eigenvalue weighted by molar-refractivity contribution is 5.87. The summed E-state index contributed by atoms with van der Waals surface area (Å²) in [5.41, 5.74) is -0.596. The van der Waals surface area contributed by atoms with Crippen LogP contribution in [0.25, 0.3) is 0 Å². The summed E-state index contributed by atoms with van der Waals surface area (Å²) in [7, 11) is 0. The molecule has 4 N–H and O–H groups in total. The van der Waals surface area contributed by atoms with Crippen LogP contribution in [0.15, 0.2) is 0 Å². The molecule has 11 nitrogen and oxygen atoms in total. The molecule has 0 aliphatic rings. The molecule has 0 fully saturated rings. The van der Waals surface area contributed by atoms with Gasteiger partial charge in [0.25, 0.3) is 0 Å². The lowest BCUT2D eigenvalue weighted by Crippen LogP contribution is -2.47. The van der Waals surface area contributed by atoms with Crippen LogP contribution in [0.4, 0.5) is 4.79 Å². The Bertz CT molecular complexity index is 600. The van der Waals surface area contributed by atoms with Crippen LogP contribution < -0.4 is 10.6 Å². The zero-order valence-corrected chi connectivity index (χ0v) is 17.3. The molecule has 29 heavy (non-hydrogen) atoms. The Hall–Kier alpha value is -2.85. The lowest BCUT2D eigenvalue weighted by atomic mass is 10.1. The number of nitrogens with zero attached hydrogens (tertiary/aromatic N) is 1. The summed E-state index contributed by atoms with van der Waals surface area (Å²) < 4.78 is 5.09. The Labute approximate surface area is 169 Å². The molecule has 1 atom stereocenters. The number of unbranched alkanes of at least 4 members (excludes halogenated alkanes) is 1. The number of nitrogens with one attached hydrogen (secondary N) is 2. The van der Waals surface area contributed by atoms with E-state index in [1.165, 1.54) is 11.8 Å². The van der Waals surface area contributed by atoms with Gasteiger partial charge in [0.1, 0.15) is 11.6 Å². The molecule has 0 rings (SSSR count). The van der Waals surface area contributed by atoms with Gasteiger partial charge in [-0.3, -0.25) is 14.4 Å². The summed E-state index contributed by atoms with van der Waals surface area (Å²) in [4.78, 5) is 58.2. The van der Waals surface area contributed by atoms with E-state index in [-0.39, 0.29) is 25.4 Å². The number of aliphatic carboxylic acids is 2. The highest BCUT2D eigenvalue weighted by Gasteiger charge is 2.22. The van der Waals surface area contributed by atoms with Crippen molar-refractivity contribution < 1.29 is 38.9 Å². The predicted octanol–water partition coefficient (Wildman–Crippen LogP) is 0.574. The molecule has 0 aliphatic heterocycles. The first-order valence-electron chi connectivity index (χ1n) is 9.28. The van der Waals surface area contributed by atoms with Crippen molar-refractivity contribution in [1.29, 1.82) is 0 Å². The molecule has 0 aromatic rings. The summed E-state index contributed by atoms with van der Waals surface area (Å²) in [6.45, 7) is 6.77. The van der Waals surface area contributed by atoms with Gasteiger partial charge in [0.15, 0.2) is 0 Å². The van der Waals surface area contributed by atoms with Gasteiger partial charge in [0.2, 0.25) is 11.8 Å². The van der Waals surface area contributed by atoms with Crippen molar-refractivity contribution in [2.75, 3.05) is 19.6 Å². The van der Waals surface area contributed by atoms with E-state index in [4.69, 9.17) is 14.9 Å². The normalized spacial score (nSPS) is 11.9. The molecule has 0 aliphatic carbocycles. The minimum Gasteiger partial charge on any atom is -0.481 e. The number of ether oxygens (including phenoxy) is 1. The van der Waals surface area contributed by atoms with Crippen LogP contribution in [0.1, 0.15) is 53.4 Å². The SMILES string of the molecule is CC(=O)N(CCCCNC(=O)OC(C)(C)C)CC(=O)NC(CCC(=O)O)C(=O)O. The molecule has 1 unspecified atom stereocenters. The minimum atomic E-state index is -1.35. The fourth-order valence-corrected chi connectivity index (χ4v) is 2.22. The number of carboxylic acids is 2. The van der Waals surface area contributed by atoms with Crippen molar-refractivity contribution in [1.82, 2.24) is 15.5 Å². The molecule has 0 aromatic carbocycles. The third kappa shape index (κ3) is 13.9. The Morgan fingerprint density at radius 2 is 1.69 bits per heavy atom. The third-order valence-corrected chi connectivity index (χ3v) is 3.58. The molecular formula is C18H31N3O8. The molecule has 0 radical (unpaired) electrons. The van der Waals surface area contributed by atoms with Crippen molar-refractivity contribution in [2.24, 2.45) is 0 Å². The summed E-state index contributed by atoms with van der Waals surface area (Å²) in [6.07, 6.45) is -0.155. The van der Waals surface area contributed by atoms with Gasteiger partial charge < -0.3 is 30.5 Å². The highest BCUT2D eigenvalue weighted by Crippen LogP contribution is 2.06. The first-order valence-corrected chi connectivity index (χ1v) is 9.28. The van der Waals surface area contributed by atoms with Gasteiger partial charge in [-0.2, -0.15) is 0 Å². The van der Waals surface area contributed by atoms with E-state index < -0.39 is 42.0 Å². The lowest BCUT2D eigenvalue weighted by molar-refractivity contribution is -0.143. The third-order valence-electron chi connectivity index (χ3n) is 3.58. The number of amides is 3. The zero-order chi connectivity index (χ0) is 22.6. The molecule has 0 bridgehead atoms. The molecule has 0 heterocycles. The fourth-order valence-electron chi connectivity index (χ4n) is 2.22. The van der Waals surface area contributed by atoms with Crippen molar-refractivity contribution in [2.45, 2.75) is 65.0 Å². The first-order chi connectivity index (χ1) is 13.3. The molecule has 0 spiro atoms. The van der Waals surface area contributed by atoms with Gasteiger partial charge in [0, 0.05) is 26.4 Å². The van der Waals surface area contributed by atoms with E-state index in [9.17, 15) is 24.0 Å². The van der Waals surface area contributed by atoms with E-state index in [1.807, 2.05) is 0 Å². The summed E-state index contributed by atoms with van der Waals surface area (Å²) in [6, 6.07) is -1.34. The smallest absolute Gasteiger partial charge is 0.407 e. The van der Waals surface area contributed by atoms with Gasteiger partial charge in [-0.1, -0.05) is 0 Å². The maximum atomic E-state index is 12.0. The van der Waals surface area contributed by atoms with Gasteiger partial charge in [-0.05, 0) is 40.0 Å². The van der Waals surface area contributed by atoms with Crippen molar-refractivity contribution >= 4 is 29.8 Å². The average Bonchev–Trinajstić information content (AvgIpc) is 2.54. The maximum absolute atomic E-state index is 12.0. The zero-order valence-electron chi connectivity index (χ0n) is 17.3. The number of alkyl carbamates (subject to hydrolysis) is 1. The van der Waals surface area contributed by atoms with E-state index in [0.717, 1.165) is 0 Å². The largest absolute Gasteiger partial charge is 0.481 e. The lowest BCUT2D eigenvalue weighted by Gasteiger charge is -2.22. The van der Waals surface area contributed by atoms with Crippen LogP contribution in [-0.4, -0.2) is 76.2 Å². The Balaban J connectivity index is 4.38. The predicted molar refractivity (Wildman–Crippen MR) is 102 cm³/mol. The van der Waals surface area contributed by atoms with Gasteiger partial charge in [0.05, 0.1) is 6.54 Å².